The molecule has 0 fully saturated rings. The van der Waals surface area contributed by atoms with Crippen LogP contribution in [0.3, 0.4) is 0 Å². The van der Waals surface area contributed by atoms with E-state index in [9.17, 15) is 18.0 Å². The Bertz CT molecular complexity index is 236. The maximum Gasteiger partial charge on any atom is 0.413 e. The summed E-state index contributed by atoms with van der Waals surface area (Å²) < 4.78 is 37.2. The summed E-state index contributed by atoms with van der Waals surface area (Å²) in [7, 11) is 0. The van der Waals surface area contributed by atoms with Crippen LogP contribution in [0.4, 0.5) is 13.2 Å². The number of unbranched alkanes of at least 4 members (excludes halogenated alkanes) is 5. The molecule has 0 amide bonds. The van der Waals surface area contributed by atoms with Crippen LogP contribution >= 0.6 is 0 Å². The van der Waals surface area contributed by atoms with Gasteiger partial charge in [0.2, 0.25) is 0 Å². The van der Waals surface area contributed by atoms with E-state index in [1.54, 1.807) is 0 Å². The molecule has 0 saturated carbocycles. The van der Waals surface area contributed by atoms with E-state index >= 15 is 0 Å². The fourth-order valence-corrected chi connectivity index (χ4v) is 1.48. The van der Waals surface area contributed by atoms with Crippen LogP contribution in [0.1, 0.15) is 58.8 Å². The second-order valence-electron chi connectivity index (χ2n) is 4.64. The summed E-state index contributed by atoms with van der Waals surface area (Å²) in [5.41, 5.74) is 2.33. The Morgan fingerprint density at radius 3 is 2.00 bits per heavy atom. The molecule has 0 aliphatic rings. The lowest BCUT2D eigenvalue weighted by molar-refractivity contribution is -0.186. The lowest BCUT2D eigenvalue weighted by atomic mass is 9.93. The largest absolute Gasteiger partial charge is 0.413 e. The molecule has 2 N–H and O–H groups in total. The maximum atomic E-state index is 12.4. The number of alkyl halides is 3. The Labute approximate surface area is 101 Å². The van der Waals surface area contributed by atoms with Crippen molar-refractivity contribution in [3.8, 4) is 0 Å². The highest BCUT2D eigenvalue weighted by Gasteiger charge is 2.52. The van der Waals surface area contributed by atoms with E-state index in [-0.39, 0.29) is 6.42 Å². The molecular weight excluding hydrogens is 231 g/mol. The molecule has 5 heteroatoms. The van der Waals surface area contributed by atoms with Gasteiger partial charge in [0, 0.05) is 6.42 Å². The minimum atomic E-state index is -4.66. The first-order valence-electron chi connectivity index (χ1n) is 6.12. The smallest absolute Gasteiger partial charge is 0.312 e. The van der Waals surface area contributed by atoms with E-state index in [0.29, 0.717) is 6.42 Å². The van der Waals surface area contributed by atoms with Gasteiger partial charge in [0.1, 0.15) is 0 Å². The van der Waals surface area contributed by atoms with Crippen molar-refractivity contribution in [3.05, 3.63) is 0 Å². The van der Waals surface area contributed by atoms with E-state index < -0.39 is 17.5 Å². The zero-order valence-electron chi connectivity index (χ0n) is 10.6. The number of Topliss-reactive ketones (excluding diaryl/α,β-unsaturated/α-hetero) is 1. The maximum absolute atomic E-state index is 12.4. The predicted molar refractivity (Wildman–Crippen MR) is 61.6 cm³/mol. The van der Waals surface area contributed by atoms with Crippen LogP contribution in [0, 0.1) is 0 Å². The van der Waals surface area contributed by atoms with Crippen LogP contribution in [0.5, 0.6) is 0 Å². The van der Waals surface area contributed by atoms with E-state index in [1.807, 2.05) is 0 Å². The average molecular weight is 253 g/mol. The third-order valence-electron chi connectivity index (χ3n) is 2.93. The standard InChI is InChI=1S/C12H22F3NO/c1-3-4-5-6-7-8-9-10(17)11(2,16)12(13,14)15/h3-9,16H2,1-2H3. The topological polar surface area (TPSA) is 43.1 Å². The highest BCUT2D eigenvalue weighted by molar-refractivity contribution is 5.88. The normalized spacial score (nSPS) is 15.6. The molecule has 0 aromatic rings. The number of hydrogen-bond donors (Lipinski definition) is 1. The Balaban J connectivity index is 3.87. The third kappa shape index (κ3) is 5.52. The monoisotopic (exact) mass is 253 g/mol. The van der Waals surface area contributed by atoms with Gasteiger partial charge < -0.3 is 5.73 Å². The zero-order chi connectivity index (χ0) is 13.5. The minimum absolute atomic E-state index is 0.0847. The number of halogens is 3. The average Bonchev–Trinajstić information content (AvgIpc) is 2.21. The van der Waals surface area contributed by atoms with Gasteiger partial charge in [-0.1, -0.05) is 39.0 Å². The molecule has 102 valence electrons. The lowest BCUT2D eigenvalue weighted by Gasteiger charge is -2.25. The summed E-state index contributed by atoms with van der Waals surface area (Å²) in [5, 5.41) is 0. The third-order valence-corrected chi connectivity index (χ3v) is 2.93. The molecule has 1 atom stereocenters. The van der Waals surface area contributed by atoms with Crippen molar-refractivity contribution in [2.24, 2.45) is 5.73 Å². The van der Waals surface area contributed by atoms with Crippen LogP contribution in [-0.2, 0) is 4.79 Å². The molecule has 0 aromatic carbocycles. The number of rotatable bonds is 8. The minimum Gasteiger partial charge on any atom is -0.312 e. The van der Waals surface area contributed by atoms with Crippen LogP contribution in [0.25, 0.3) is 0 Å². The summed E-state index contributed by atoms with van der Waals surface area (Å²) in [5.74, 6) is -0.916. The highest BCUT2D eigenvalue weighted by atomic mass is 19.4. The van der Waals surface area contributed by atoms with Crippen LogP contribution in [0.15, 0.2) is 0 Å². The predicted octanol–water partition coefficient (Wildman–Crippen LogP) is 3.59. The molecule has 1 unspecified atom stereocenters. The van der Waals surface area contributed by atoms with Gasteiger partial charge in [-0.25, -0.2) is 0 Å². The van der Waals surface area contributed by atoms with Crippen molar-refractivity contribution in [3.63, 3.8) is 0 Å². The lowest BCUT2D eigenvalue weighted by Crippen LogP contribution is -2.57. The van der Waals surface area contributed by atoms with Gasteiger partial charge >= 0.3 is 6.18 Å². The van der Waals surface area contributed by atoms with E-state index in [0.717, 1.165) is 39.0 Å². The van der Waals surface area contributed by atoms with Crippen molar-refractivity contribution < 1.29 is 18.0 Å². The van der Waals surface area contributed by atoms with Crippen LogP contribution < -0.4 is 5.73 Å². The SMILES string of the molecule is CCCCCCCCC(=O)C(C)(N)C(F)(F)F. The molecule has 0 rings (SSSR count). The number of hydrogen-bond acceptors (Lipinski definition) is 2. The van der Waals surface area contributed by atoms with Crippen LogP contribution in [-0.4, -0.2) is 17.5 Å². The van der Waals surface area contributed by atoms with Crippen LogP contribution in [0.2, 0.25) is 0 Å². The van der Waals surface area contributed by atoms with E-state index in [1.165, 1.54) is 0 Å². The van der Waals surface area contributed by atoms with E-state index in [4.69, 9.17) is 5.73 Å². The molecule has 0 spiro atoms. The van der Waals surface area contributed by atoms with Gasteiger partial charge in [-0.2, -0.15) is 13.2 Å². The molecular formula is C12H22F3NO. The van der Waals surface area contributed by atoms with Crippen molar-refractivity contribution >= 4 is 5.78 Å². The fourth-order valence-electron chi connectivity index (χ4n) is 1.48. The Morgan fingerprint density at radius 2 is 1.53 bits per heavy atom. The summed E-state index contributed by atoms with van der Waals surface area (Å²) in [6.45, 7) is 2.83. The van der Waals surface area contributed by atoms with Gasteiger partial charge in [-0.15, -0.1) is 0 Å². The fraction of sp³-hybridized carbons (Fsp3) is 0.917. The number of nitrogens with two attached hydrogens (primary N) is 1. The first-order valence-corrected chi connectivity index (χ1v) is 6.12. The number of carbonyl (C=O) groups excluding carboxylic acids is 1. The summed E-state index contributed by atoms with van der Waals surface area (Å²) >= 11 is 0. The molecule has 0 bridgehead atoms. The number of carbonyl (C=O) groups is 1. The van der Waals surface area contributed by atoms with Crippen molar-refractivity contribution in [1.82, 2.24) is 0 Å². The molecule has 17 heavy (non-hydrogen) atoms. The van der Waals surface area contributed by atoms with Gasteiger partial charge in [-0.3, -0.25) is 4.79 Å². The molecule has 0 heterocycles. The summed E-state index contributed by atoms with van der Waals surface area (Å²) in [6.07, 6.45) is 0.827. The highest BCUT2D eigenvalue weighted by Crippen LogP contribution is 2.29. The Morgan fingerprint density at radius 1 is 1.06 bits per heavy atom. The second-order valence-corrected chi connectivity index (χ2v) is 4.64. The van der Waals surface area contributed by atoms with Gasteiger partial charge in [-0.05, 0) is 13.3 Å². The first-order chi connectivity index (χ1) is 7.73. The molecule has 0 aromatic heterocycles. The summed E-state index contributed by atoms with van der Waals surface area (Å²) in [4.78, 5) is 11.4. The summed E-state index contributed by atoms with van der Waals surface area (Å²) in [6, 6.07) is 0. The number of ketones is 1. The molecule has 0 radical (unpaired) electrons. The Kier molecular flexibility index (Phi) is 6.75. The van der Waals surface area contributed by atoms with Crippen molar-refractivity contribution in [1.29, 1.82) is 0 Å². The quantitative estimate of drug-likeness (QED) is 0.672. The van der Waals surface area contributed by atoms with E-state index in [2.05, 4.69) is 6.92 Å². The first kappa shape index (κ1) is 16.4. The van der Waals surface area contributed by atoms with Gasteiger partial charge in [0.05, 0.1) is 0 Å². The molecule has 0 saturated heterocycles. The second kappa shape index (κ2) is 6.99. The molecule has 0 aliphatic heterocycles. The zero-order valence-corrected chi connectivity index (χ0v) is 10.6. The van der Waals surface area contributed by atoms with Crippen molar-refractivity contribution in [2.75, 3.05) is 0 Å². The molecule has 2 nitrogen and oxygen atoms in total. The molecule has 0 aliphatic carbocycles. The van der Waals surface area contributed by atoms with Crippen molar-refractivity contribution in [2.45, 2.75) is 70.5 Å². The Hall–Kier alpha value is -0.580. The van der Waals surface area contributed by atoms with Gasteiger partial charge in [0.25, 0.3) is 0 Å². The van der Waals surface area contributed by atoms with Gasteiger partial charge in [0.15, 0.2) is 11.3 Å².